The Morgan fingerprint density at radius 3 is 1.63 bits per heavy atom. The molecule has 0 spiro atoms. The van der Waals surface area contributed by atoms with Gasteiger partial charge in [-0.1, -0.05) is 83.3 Å². The Morgan fingerprint density at radius 1 is 0.657 bits per heavy atom. The summed E-state index contributed by atoms with van der Waals surface area (Å²) in [5, 5.41) is 111. The zero-order valence-corrected chi connectivity index (χ0v) is 39.4. The van der Waals surface area contributed by atoms with Crippen LogP contribution < -0.4 is 11.1 Å². The molecule has 1 amide bonds. The number of rotatable bonds is 27. The molecule has 0 aromatic rings. The number of nitrogens with two attached hydrogens (primary N) is 1. The van der Waals surface area contributed by atoms with Gasteiger partial charge in [0.25, 0.3) is 0 Å². The van der Waals surface area contributed by atoms with Gasteiger partial charge >= 0.3 is 0 Å². The normalized spacial score (nSPS) is 41.7. The van der Waals surface area contributed by atoms with E-state index >= 15 is 0 Å². The molecule has 0 unspecified atom stereocenters. The average Bonchev–Trinajstić information content (AvgIpc) is 3.30. The van der Waals surface area contributed by atoms with Crippen LogP contribution in [0.1, 0.15) is 129 Å². The molecule has 19 heteroatoms. The van der Waals surface area contributed by atoms with E-state index < -0.39 is 117 Å². The molecule has 0 aromatic heterocycles. The van der Waals surface area contributed by atoms with Crippen molar-refractivity contribution in [3.63, 3.8) is 0 Å². The van der Waals surface area contributed by atoms with E-state index in [4.69, 9.17) is 34.2 Å². The zero-order valence-electron chi connectivity index (χ0n) is 39.4. The fourth-order valence-corrected chi connectivity index (χ4v) is 12.1. The minimum absolute atomic E-state index is 0.0541. The third-order valence-electron chi connectivity index (χ3n) is 15.3. The van der Waals surface area contributed by atoms with Gasteiger partial charge in [0.2, 0.25) is 5.91 Å². The zero-order chi connectivity index (χ0) is 48.3. The Labute approximate surface area is 395 Å². The Balaban J connectivity index is 1.03. The number of hydrogen-bond donors (Lipinski definition) is 12. The van der Waals surface area contributed by atoms with Gasteiger partial charge < -0.3 is 90.5 Å². The number of carbonyl (C=O) groups excluding carboxylic acids is 1. The third-order valence-corrected chi connectivity index (χ3v) is 15.3. The van der Waals surface area contributed by atoms with Crippen LogP contribution in [-0.4, -0.2) is 188 Å². The highest BCUT2D eigenvalue weighted by molar-refractivity contribution is 5.77. The van der Waals surface area contributed by atoms with Crippen LogP contribution in [0.4, 0.5) is 0 Å². The van der Waals surface area contributed by atoms with Gasteiger partial charge in [0.1, 0.15) is 73.2 Å². The quantitative estimate of drug-likeness (QED) is 0.0385. The second kappa shape index (κ2) is 26.3. The highest BCUT2D eigenvalue weighted by Crippen LogP contribution is 2.61. The molecule has 0 aromatic carbocycles. The topological polar surface area (TPSA) is 313 Å². The lowest BCUT2D eigenvalue weighted by molar-refractivity contribution is -0.378. The molecule has 3 aliphatic heterocycles. The van der Waals surface area contributed by atoms with Crippen molar-refractivity contribution >= 4 is 5.91 Å². The van der Waals surface area contributed by atoms with E-state index in [1.54, 1.807) is 6.08 Å². The molecule has 388 valence electrons. The second-order valence-corrected chi connectivity index (χ2v) is 20.7. The van der Waals surface area contributed by atoms with E-state index in [2.05, 4.69) is 12.2 Å². The molecule has 3 heterocycles. The molecule has 19 nitrogen and oxygen atoms in total. The van der Waals surface area contributed by atoms with Crippen molar-refractivity contribution in [2.24, 2.45) is 28.9 Å². The number of amides is 1. The molecular formula is C48H84N2O17. The summed E-state index contributed by atoms with van der Waals surface area (Å²) in [5.74, 6) is 1.76. The molecule has 4 bridgehead atoms. The lowest BCUT2D eigenvalue weighted by Gasteiger charge is -2.56. The van der Waals surface area contributed by atoms with E-state index in [0.717, 1.165) is 44.9 Å². The fourth-order valence-electron chi connectivity index (χ4n) is 12.1. The van der Waals surface area contributed by atoms with Crippen molar-refractivity contribution in [2.45, 2.75) is 233 Å². The summed E-state index contributed by atoms with van der Waals surface area (Å²) in [7, 11) is 0. The molecule has 13 N–H and O–H groups in total. The van der Waals surface area contributed by atoms with Gasteiger partial charge in [0.05, 0.1) is 32.0 Å². The first-order valence-electron chi connectivity index (χ1n) is 25.4. The number of carbonyl (C=O) groups is 1. The maximum atomic E-state index is 13.8. The van der Waals surface area contributed by atoms with Crippen LogP contribution in [0, 0.1) is 23.2 Å². The number of aliphatic hydroxyl groups excluding tert-OH is 10. The van der Waals surface area contributed by atoms with Crippen LogP contribution in [0.15, 0.2) is 12.2 Å². The number of hydrogen-bond acceptors (Lipinski definition) is 18. The van der Waals surface area contributed by atoms with Crippen molar-refractivity contribution in [3.05, 3.63) is 12.2 Å². The van der Waals surface area contributed by atoms with Gasteiger partial charge in [-0.2, -0.15) is 0 Å². The summed E-state index contributed by atoms with van der Waals surface area (Å²) < 4.78 is 34.5. The predicted octanol–water partition coefficient (Wildman–Crippen LogP) is 0.127. The lowest BCUT2D eigenvalue weighted by Crippen LogP contribution is -2.66. The van der Waals surface area contributed by atoms with Crippen LogP contribution in [0.2, 0.25) is 0 Å². The van der Waals surface area contributed by atoms with E-state index in [1.165, 1.54) is 70.6 Å². The molecule has 17 atom stereocenters. The summed E-state index contributed by atoms with van der Waals surface area (Å²) in [4.78, 5) is 13.8. The lowest BCUT2D eigenvalue weighted by atomic mass is 9.49. The summed E-state index contributed by atoms with van der Waals surface area (Å²) in [6.45, 7) is 0.0363. The van der Waals surface area contributed by atoms with Gasteiger partial charge in [-0.3, -0.25) is 4.79 Å². The molecular weight excluding hydrogens is 877 g/mol. The van der Waals surface area contributed by atoms with Crippen LogP contribution >= 0.6 is 0 Å². The standard InChI is InChI=1S/C48H84N2O17/c1-2-3-4-5-6-7-8-9-10-11-12-13-14-15-31(53)30(50-35(54)22-48-19-27-16-28(20-48)18-29(17-27)21-48)26-62-45-41(60)38(57)43(33(24-51)64-45)67-47-42(61)39(58)44(34(25-52)65-47)66-46-40(59)37(56)36(55)32(23-49)63-46/h14-15,27-34,36-47,51-53,55-61H,2-13,16-26,49H2,1H3,(H,50,54)/b15-14+/t27?,28?,29?,30-,31+,32+,33+,34+,36-,37-,38+,39+,40+,41+,42+,43+,44-,45+,46+,47-,48?/m0/s1. The molecule has 7 aliphatic rings. The highest BCUT2D eigenvalue weighted by atomic mass is 16.8. The van der Waals surface area contributed by atoms with Crippen molar-refractivity contribution in [1.82, 2.24) is 5.32 Å². The fraction of sp³-hybridized carbons (Fsp3) is 0.938. The van der Waals surface area contributed by atoms with Gasteiger partial charge in [-0.05, 0) is 74.5 Å². The molecule has 3 saturated heterocycles. The van der Waals surface area contributed by atoms with E-state index in [-0.39, 0.29) is 24.5 Å². The largest absolute Gasteiger partial charge is 0.394 e. The van der Waals surface area contributed by atoms with Crippen LogP contribution in [0.3, 0.4) is 0 Å². The van der Waals surface area contributed by atoms with Gasteiger partial charge in [-0.25, -0.2) is 0 Å². The number of ether oxygens (including phenoxy) is 6. The van der Waals surface area contributed by atoms with Gasteiger partial charge in [0, 0.05) is 13.0 Å². The van der Waals surface area contributed by atoms with Crippen LogP contribution in [0.25, 0.3) is 0 Å². The second-order valence-electron chi connectivity index (χ2n) is 20.7. The molecule has 4 aliphatic carbocycles. The Hall–Kier alpha value is -1.47. The number of nitrogens with one attached hydrogen (secondary N) is 1. The van der Waals surface area contributed by atoms with Crippen molar-refractivity contribution in [1.29, 1.82) is 0 Å². The van der Waals surface area contributed by atoms with Crippen LogP contribution in [-0.2, 0) is 33.2 Å². The van der Waals surface area contributed by atoms with Gasteiger partial charge in [0.15, 0.2) is 18.9 Å². The van der Waals surface area contributed by atoms with Crippen molar-refractivity contribution in [3.8, 4) is 0 Å². The molecule has 67 heavy (non-hydrogen) atoms. The SMILES string of the molecule is CCCCCCCCCCCCC/C=C/[C@@H](O)[C@H](CO[C@@H]1O[C@H](CO)[C@@H](O[C@@H]2O[C@H](CO)[C@H](O[C@H]3O[C@H](CN)[C@H](O)[C@H](O)[C@H]3O)[C@H](O)[C@H]2O)[C@H](O)[C@H]1O)NC(=O)CC12CC3CC(CC(C3)C1)C2. The first-order valence-corrected chi connectivity index (χ1v) is 25.4. The summed E-state index contributed by atoms with van der Waals surface area (Å²) >= 11 is 0. The maximum Gasteiger partial charge on any atom is 0.220 e. The number of unbranched alkanes of at least 4 members (excludes halogenated alkanes) is 11. The van der Waals surface area contributed by atoms with Crippen molar-refractivity contribution < 1.29 is 84.3 Å². The smallest absolute Gasteiger partial charge is 0.220 e. The Kier molecular flexibility index (Phi) is 21.5. The number of aliphatic hydroxyl groups is 10. The molecule has 4 saturated carbocycles. The summed E-state index contributed by atoms with van der Waals surface area (Å²) in [6.07, 6.45) is -1.02. The van der Waals surface area contributed by atoms with Gasteiger partial charge in [-0.15, -0.1) is 0 Å². The summed E-state index contributed by atoms with van der Waals surface area (Å²) in [6, 6.07) is -0.947. The van der Waals surface area contributed by atoms with Crippen molar-refractivity contribution in [2.75, 3.05) is 26.4 Å². The minimum Gasteiger partial charge on any atom is -0.394 e. The minimum atomic E-state index is -1.95. The number of allylic oxidation sites excluding steroid dienone is 1. The first kappa shape index (κ1) is 54.9. The molecule has 0 radical (unpaired) electrons. The third kappa shape index (κ3) is 14.4. The maximum absolute atomic E-state index is 13.8. The Morgan fingerprint density at radius 2 is 1.12 bits per heavy atom. The first-order chi connectivity index (χ1) is 32.2. The Bertz CT molecular complexity index is 1460. The highest BCUT2D eigenvalue weighted by Gasteiger charge is 2.54. The van der Waals surface area contributed by atoms with Crippen LogP contribution in [0.5, 0.6) is 0 Å². The van der Waals surface area contributed by atoms with E-state index in [0.29, 0.717) is 24.2 Å². The summed E-state index contributed by atoms with van der Waals surface area (Å²) in [5.41, 5.74) is 5.56. The average molecular weight is 961 g/mol. The molecule has 7 rings (SSSR count). The monoisotopic (exact) mass is 961 g/mol. The predicted molar refractivity (Wildman–Crippen MR) is 240 cm³/mol. The van der Waals surface area contributed by atoms with E-state index in [9.17, 15) is 55.9 Å². The molecule has 7 fully saturated rings. The van der Waals surface area contributed by atoms with E-state index in [1.807, 2.05) is 6.08 Å².